The van der Waals surface area contributed by atoms with Gasteiger partial charge in [0.25, 0.3) is 0 Å². The molecule has 5 heteroatoms. The van der Waals surface area contributed by atoms with E-state index in [-0.39, 0.29) is 11.8 Å². The first-order valence-electron chi connectivity index (χ1n) is 11.0. The molecule has 5 nitrogen and oxygen atoms in total. The molecule has 0 radical (unpaired) electrons. The smallest absolute Gasteiger partial charge is 0.224 e. The molecule has 0 saturated carbocycles. The first kappa shape index (κ1) is 23.0. The summed E-state index contributed by atoms with van der Waals surface area (Å²) in [5, 5.41) is 6.30. The molecule has 2 amide bonds. The van der Waals surface area contributed by atoms with Crippen LogP contribution in [-0.4, -0.2) is 37.1 Å². The summed E-state index contributed by atoms with van der Waals surface area (Å²) in [4.78, 5) is 25.6. The van der Waals surface area contributed by atoms with E-state index in [9.17, 15) is 9.59 Å². The van der Waals surface area contributed by atoms with Gasteiger partial charge in [0.2, 0.25) is 11.8 Å². The Bertz CT molecular complexity index is 946. The van der Waals surface area contributed by atoms with Crippen LogP contribution in [-0.2, 0) is 27.2 Å². The van der Waals surface area contributed by atoms with Crippen molar-refractivity contribution in [3.63, 3.8) is 0 Å². The number of carbonyl (C=O) groups is 2. The summed E-state index contributed by atoms with van der Waals surface area (Å²) in [5.41, 5.74) is 6.13. The maximum absolute atomic E-state index is 12.9. The maximum atomic E-state index is 12.9. The highest BCUT2D eigenvalue weighted by atomic mass is 16.5. The highest BCUT2D eigenvalue weighted by Gasteiger charge is 2.34. The Hall–Kier alpha value is -2.66. The Morgan fingerprint density at radius 3 is 1.90 bits per heavy atom. The van der Waals surface area contributed by atoms with Crippen molar-refractivity contribution in [2.45, 2.75) is 58.9 Å². The summed E-state index contributed by atoms with van der Waals surface area (Å²) in [6.45, 7) is 9.69. The molecule has 0 aromatic heterocycles. The summed E-state index contributed by atoms with van der Waals surface area (Å²) >= 11 is 0. The van der Waals surface area contributed by atoms with E-state index in [4.69, 9.17) is 4.74 Å². The van der Waals surface area contributed by atoms with E-state index in [1.165, 1.54) is 0 Å². The van der Waals surface area contributed by atoms with Crippen LogP contribution < -0.4 is 10.6 Å². The minimum atomic E-state index is -0.468. The van der Waals surface area contributed by atoms with Crippen molar-refractivity contribution in [2.24, 2.45) is 0 Å². The van der Waals surface area contributed by atoms with E-state index in [1.807, 2.05) is 33.8 Å². The normalized spacial score (nSPS) is 15.4. The molecule has 2 aromatic carbocycles. The molecule has 1 aliphatic heterocycles. The summed E-state index contributed by atoms with van der Waals surface area (Å²) < 4.78 is 5.53. The van der Waals surface area contributed by atoms with E-state index >= 15 is 0 Å². The Kier molecular flexibility index (Phi) is 7.50. The van der Waals surface area contributed by atoms with Gasteiger partial charge in [-0.05, 0) is 62.8 Å². The number of hydrogen-bond donors (Lipinski definition) is 2. The number of hydrogen-bond acceptors (Lipinski definition) is 3. The lowest BCUT2D eigenvalue weighted by Gasteiger charge is -2.38. The van der Waals surface area contributed by atoms with Crippen LogP contribution in [0.5, 0.6) is 0 Å². The number of rotatable bonds is 7. The molecule has 31 heavy (non-hydrogen) atoms. The molecular formula is C26H34N2O3. The number of aryl methyl sites for hydroxylation is 4. The lowest BCUT2D eigenvalue weighted by molar-refractivity contribution is -0.125. The maximum Gasteiger partial charge on any atom is 0.224 e. The fraction of sp³-hybridized carbons (Fsp3) is 0.462. The van der Waals surface area contributed by atoms with Crippen LogP contribution in [0.2, 0.25) is 0 Å². The van der Waals surface area contributed by atoms with Gasteiger partial charge in [-0.3, -0.25) is 9.59 Å². The van der Waals surface area contributed by atoms with Crippen molar-refractivity contribution in [3.8, 4) is 0 Å². The number of ether oxygens (including phenoxy) is 1. The van der Waals surface area contributed by atoms with Crippen LogP contribution in [0.1, 0.15) is 46.2 Å². The van der Waals surface area contributed by atoms with Crippen LogP contribution >= 0.6 is 0 Å². The molecule has 2 aromatic rings. The highest BCUT2D eigenvalue weighted by molar-refractivity contribution is 5.81. The van der Waals surface area contributed by atoms with Crippen LogP contribution in [0.25, 0.3) is 0 Å². The minimum absolute atomic E-state index is 0.0145. The first-order valence-corrected chi connectivity index (χ1v) is 11.0. The zero-order valence-electron chi connectivity index (χ0n) is 19.1. The molecule has 1 saturated heterocycles. The molecule has 1 fully saturated rings. The van der Waals surface area contributed by atoms with Gasteiger partial charge in [-0.15, -0.1) is 0 Å². The van der Waals surface area contributed by atoms with E-state index in [0.29, 0.717) is 45.4 Å². The van der Waals surface area contributed by atoms with Gasteiger partial charge in [0.05, 0.1) is 18.4 Å². The standard InChI is InChI=1S/C26H34N2O3/c1-18-5-7-20(3)22(13-18)15-24(29)27-17-26(9-11-31-12-10-26)28-25(30)16-23-14-19(2)6-8-21(23)4/h5-8,13-14H,9-12,15-17H2,1-4H3,(H,27,29)(H,28,30). The van der Waals surface area contributed by atoms with Crippen LogP contribution in [0.3, 0.4) is 0 Å². The quantitative estimate of drug-likeness (QED) is 0.718. The average Bonchev–Trinajstić information content (AvgIpc) is 2.73. The van der Waals surface area contributed by atoms with Gasteiger partial charge in [0, 0.05) is 19.8 Å². The van der Waals surface area contributed by atoms with Crippen molar-refractivity contribution < 1.29 is 14.3 Å². The molecule has 166 valence electrons. The van der Waals surface area contributed by atoms with E-state index in [2.05, 4.69) is 41.0 Å². The van der Waals surface area contributed by atoms with Gasteiger partial charge in [-0.25, -0.2) is 0 Å². The second-order valence-corrected chi connectivity index (χ2v) is 8.93. The number of amides is 2. The van der Waals surface area contributed by atoms with E-state index < -0.39 is 5.54 Å². The minimum Gasteiger partial charge on any atom is -0.381 e. The predicted octanol–water partition coefficient (Wildman–Crippen LogP) is 3.49. The SMILES string of the molecule is Cc1ccc(C)c(CC(=O)NCC2(NC(=O)Cc3cc(C)ccc3C)CCOCC2)c1. The summed E-state index contributed by atoms with van der Waals surface area (Å²) in [5.74, 6) is -0.0391. The van der Waals surface area contributed by atoms with Crippen LogP contribution in [0, 0.1) is 27.7 Å². The van der Waals surface area contributed by atoms with Crippen molar-refractivity contribution in [2.75, 3.05) is 19.8 Å². The summed E-state index contributed by atoms with van der Waals surface area (Å²) in [7, 11) is 0. The third kappa shape index (κ3) is 6.41. The van der Waals surface area contributed by atoms with Gasteiger partial charge < -0.3 is 15.4 Å². The average molecular weight is 423 g/mol. The van der Waals surface area contributed by atoms with Crippen molar-refractivity contribution in [3.05, 3.63) is 69.8 Å². The zero-order chi connectivity index (χ0) is 22.4. The summed E-state index contributed by atoms with van der Waals surface area (Å²) in [6.07, 6.45) is 2.06. The lowest BCUT2D eigenvalue weighted by atomic mass is 9.89. The largest absolute Gasteiger partial charge is 0.381 e. The molecule has 0 bridgehead atoms. The van der Waals surface area contributed by atoms with Gasteiger partial charge >= 0.3 is 0 Å². The topological polar surface area (TPSA) is 67.4 Å². The Morgan fingerprint density at radius 1 is 0.839 bits per heavy atom. The molecule has 3 rings (SSSR count). The van der Waals surface area contributed by atoms with Gasteiger partial charge in [-0.1, -0.05) is 47.5 Å². The van der Waals surface area contributed by atoms with Crippen molar-refractivity contribution >= 4 is 11.8 Å². The number of carbonyl (C=O) groups excluding carboxylic acids is 2. The molecule has 1 heterocycles. The number of benzene rings is 2. The highest BCUT2D eigenvalue weighted by Crippen LogP contribution is 2.21. The Balaban J connectivity index is 1.63. The van der Waals surface area contributed by atoms with Crippen molar-refractivity contribution in [1.29, 1.82) is 0 Å². The fourth-order valence-corrected chi connectivity index (χ4v) is 4.11. The molecular weight excluding hydrogens is 388 g/mol. The fourth-order valence-electron chi connectivity index (χ4n) is 4.11. The monoisotopic (exact) mass is 422 g/mol. The zero-order valence-corrected chi connectivity index (χ0v) is 19.1. The molecule has 0 unspecified atom stereocenters. The summed E-state index contributed by atoms with van der Waals surface area (Å²) in [6, 6.07) is 12.3. The molecule has 0 aliphatic carbocycles. The first-order chi connectivity index (χ1) is 14.8. The molecule has 1 aliphatic rings. The lowest BCUT2D eigenvalue weighted by Crippen LogP contribution is -2.58. The van der Waals surface area contributed by atoms with Crippen molar-refractivity contribution in [1.82, 2.24) is 10.6 Å². The molecule has 0 spiro atoms. The van der Waals surface area contributed by atoms with Gasteiger partial charge in [-0.2, -0.15) is 0 Å². The van der Waals surface area contributed by atoms with Crippen LogP contribution in [0.15, 0.2) is 36.4 Å². The second kappa shape index (κ2) is 10.1. The van der Waals surface area contributed by atoms with Gasteiger partial charge in [0.1, 0.15) is 0 Å². The third-order valence-corrected chi connectivity index (χ3v) is 6.19. The molecule has 0 atom stereocenters. The number of nitrogens with one attached hydrogen (secondary N) is 2. The predicted molar refractivity (Wildman–Crippen MR) is 123 cm³/mol. The van der Waals surface area contributed by atoms with E-state index in [1.54, 1.807) is 0 Å². The Labute approximate surface area is 185 Å². The molecule has 2 N–H and O–H groups in total. The third-order valence-electron chi connectivity index (χ3n) is 6.19. The second-order valence-electron chi connectivity index (χ2n) is 8.93. The Morgan fingerprint density at radius 2 is 1.35 bits per heavy atom. The van der Waals surface area contributed by atoms with Crippen LogP contribution in [0.4, 0.5) is 0 Å². The van der Waals surface area contributed by atoms with Gasteiger partial charge in [0.15, 0.2) is 0 Å². The van der Waals surface area contributed by atoms with E-state index in [0.717, 1.165) is 33.4 Å².